The summed E-state index contributed by atoms with van der Waals surface area (Å²) in [4.78, 5) is 30.9. The number of likely N-dealkylation sites (N-methyl/N-ethyl adjacent to an activating group) is 1. The minimum atomic E-state index is -0.152. The lowest BCUT2D eigenvalue weighted by molar-refractivity contribution is -0.123. The number of amides is 1. The van der Waals surface area contributed by atoms with Crippen molar-refractivity contribution in [2.75, 3.05) is 50.1 Å². The predicted molar refractivity (Wildman–Crippen MR) is 152 cm³/mol. The Labute approximate surface area is 224 Å². The molecule has 0 radical (unpaired) electrons. The lowest BCUT2D eigenvalue weighted by Gasteiger charge is -2.23. The largest absolute Gasteiger partial charge is 0.484 e. The number of nitrogens with one attached hydrogen (secondary N) is 2. The second-order valence-corrected chi connectivity index (χ2v) is 10.1. The van der Waals surface area contributed by atoms with Gasteiger partial charge in [-0.3, -0.25) is 9.79 Å². The summed E-state index contributed by atoms with van der Waals surface area (Å²) in [6.07, 6.45) is 2.99. The summed E-state index contributed by atoms with van der Waals surface area (Å²) in [5, 5.41) is 6.33. The van der Waals surface area contributed by atoms with Gasteiger partial charge in [0.15, 0.2) is 12.4 Å². The quantitative estimate of drug-likeness (QED) is 0.472. The van der Waals surface area contributed by atoms with Gasteiger partial charge in [-0.25, -0.2) is 9.97 Å². The highest BCUT2D eigenvalue weighted by Gasteiger charge is 2.17. The molecule has 1 fully saturated rings. The zero-order valence-electron chi connectivity index (χ0n) is 22.3. The predicted octanol–water partition coefficient (Wildman–Crippen LogP) is 3.87. The first-order chi connectivity index (χ1) is 18.4. The number of anilines is 3. The van der Waals surface area contributed by atoms with Gasteiger partial charge in [-0.05, 0) is 69.3 Å². The van der Waals surface area contributed by atoms with Crippen LogP contribution in [0.15, 0.2) is 53.5 Å². The molecule has 198 valence electrons. The number of hydrogen-bond donors (Lipinski definition) is 2. The first-order valence-electron chi connectivity index (χ1n) is 13.2. The lowest BCUT2D eigenvalue weighted by Crippen LogP contribution is -2.34. The number of carbonyl (C=O) groups excluding carboxylic acids is 1. The molecule has 0 aliphatic carbocycles. The number of hydrogen-bond acceptors (Lipinski definition) is 8. The molecule has 2 aliphatic heterocycles. The number of rotatable bonds is 8. The molecule has 2 aromatic carbocycles. The Morgan fingerprint density at radius 1 is 1.05 bits per heavy atom. The molecule has 2 aliphatic rings. The van der Waals surface area contributed by atoms with E-state index in [1.165, 1.54) is 5.56 Å². The van der Waals surface area contributed by atoms with Gasteiger partial charge in [0.2, 0.25) is 0 Å². The molecule has 3 heterocycles. The van der Waals surface area contributed by atoms with E-state index in [-0.39, 0.29) is 18.6 Å². The molecule has 3 aromatic rings. The normalized spacial score (nSPS) is 15.3. The maximum atomic E-state index is 12.1. The van der Waals surface area contributed by atoms with E-state index in [0.29, 0.717) is 11.6 Å². The van der Waals surface area contributed by atoms with Gasteiger partial charge in [0.05, 0.1) is 6.54 Å². The average molecular weight is 514 g/mol. The van der Waals surface area contributed by atoms with E-state index in [4.69, 9.17) is 14.7 Å². The van der Waals surface area contributed by atoms with Crippen LogP contribution in [0, 0.1) is 0 Å². The lowest BCUT2D eigenvalue weighted by atomic mass is 10.1. The second-order valence-electron chi connectivity index (χ2n) is 10.1. The highest BCUT2D eigenvalue weighted by Crippen LogP contribution is 2.28. The summed E-state index contributed by atoms with van der Waals surface area (Å²) in [6.45, 7) is 8.42. The van der Waals surface area contributed by atoms with Gasteiger partial charge in [0, 0.05) is 49.2 Å². The maximum absolute atomic E-state index is 12.1. The molecular weight excluding hydrogens is 478 g/mol. The summed E-state index contributed by atoms with van der Waals surface area (Å²) in [6, 6.07) is 15.9. The van der Waals surface area contributed by atoms with E-state index in [1.54, 1.807) is 0 Å². The molecule has 0 unspecified atom stereocenters. The van der Waals surface area contributed by atoms with E-state index in [2.05, 4.69) is 50.7 Å². The number of ether oxygens (including phenoxy) is 1. The summed E-state index contributed by atoms with van der Waals surface area (Å²) in [7, 11) is 2.16. The molecular formula is C29H35N7O2. The van der Waals surface area contributed by atoms with Gasteiger partial charge in [-0.1, -0.05) is 18.2 Å². The summed E-state index contributed by atoms with van der Waals surface area (Å²) in [5.74, 6) is 2.65. The van der Waals surface area contributed by atoms with Crippen LogP contribution in [0.1, 0.15) is 31.4 Å². The number of aromatic nitrogens is 2. The summed E-state index contributed by atoms with van der Waals surface area (Å²) < 4.78 is 5.76. The molecule has 1 saturated heterocycles. The topological polar surface area (TPSA) is 95.0 Å². The van der Waals surface area contributed by atoms with Crippen molar-refractivity contribution in [2.24, 2.45) is 4.99 Å². The highest BCUT2D eigenvalue weighted by molar-refractivity contribution is 5.86. The van der Waals surface area contributed by atoms with Gasteiger partial charge in [-0.2, -0.15) is 0 Å². The molecule has 1 aromatic heterocycles. The average Bonchev–Trinajstić information content (AvgIpc) is 3.26. The van der Waals surface area contributed by atoms with Crippen molar-refractivity contribution in [3.05, 3.63) is 59.7 Å². The summed E-state index contributed by atoms with van der Waals surface area (Å²) in [5.41, 5.74) is 4.14. The molecule has 0 bridgehead atoms. The van der Waals surface area contributed by atoms with Gasteiger partial charge < -0.3 is 25.2 Å². The Hall–Kier alpha value is -3.98. The van der Waals surface area contributed by atoms with Crippen LogP contribution in [0.4, 0.5) is 17.3 Å². The highest BCUT2D eigenvalue weighted by atomic mass is 16.5. The third kappa shape index (κ3) is 6.47. The summed E-state index contributed by atoms with van der Waals surface area (Å²) >= 11 is 0. The number of carbonyl (C=O) groups is 1. The van der Waals surface area contributed by atoms with E-state index < -0.39 is 0 Å². The fraction of sp³-hybridized carbons (Fsp3) is 0.379. The minimum absolute atomic E-state index is 0.0434. The molecule has 5 rings (SSSR count). The third-order valence-corrected chi connectivity index (χ3v) is 6.58. The van der Waals surface area contributed by atoms with Gasteiger partial charge in [0.1, 0.15) is 17.4 Å². The van der Waals surface area contributed by atoms with Crippen molar-refractivity contribution in [1.82, 2.24) is 20.2 Å². The van der Waals surface area contributed by atoms with Gasteiger partial charge >= 0.3 is 0 Å². The van der Waals surface area contributed by atoms with Crippen LogP contribution in [0.3, 0.4) is 0 Å². The molecule has 0 spiro atoms. The van der Waals surface area contributed by atoms with Crippen LogP contribution in [0.25, 0.3) is 11.4 Å². The number of aliphatic imine (C=N–C) groups is 1. The van der Waals surface area contributed by atoms with E-state index in [1.807, 2.05) is 50.4 Å². The fourth-order valence-corrected chi connectivity index (χ4v) is 4.63. The van der Waals surface area contributed by atoms with Crippen LogP contribution in [-0.4, -0.2) is 72.9 Å². The molecule has 0 saturated carbocycles. The van der Waals surface area contributed by atoms with Gasteiger partial charge in [0.25, 0.3) is 5.91 Å². The van der Waals surface area contributed by atoms with E-state index in [0.717, 1.165) is 67.6 Å². The van der Waals surface area contributed by atoms with Crippen LogP contribution in [-0.2, 0) is 11.3 Å². The minimum Gasteiger partial charge on any atom is -0.484 e. The molecule has 9 nitrogen and oxygen atoms in total. The third-order valence-electron chi connectivity index (χ3n) is 6.58. The maximum Gasteiger partial charge on any atom is 0.258 e. The molecule has 38 heavy (non-hydrogen) atoms. The smallest absolute Gasteiger partial charge is 0.258 e. The van der Waals surface area contributed by atoms with Crippen molar-refractivity contribution in [3.8, 4) is 17.1 Å². The van der Waals surface area contributed by atoms with Crippen LogP contribution in [0.5, 0.6) is 5.75 Å². The Bertz CT molecular complexity index is 1320. The van der Waals surface area contributed by atoms with Gasteiger partial charge in [-0.15, -0.1) is 0 Å². The molecule has 1 amide bonds. The zero-order chi connectivity index (χ0) is 26.5. The molecule has 0 atom stereocenters. The zero-order valence-corrected chi connectivity index (χ0v) is 22.3. The first-order valence-corrected chi connectivity index (χ1v) is 13.2. The van der Waals surface area contributed by atoms with Crippen LogP contribution < -0.4 is 20.3 Å². The molecule has 9 heteroatoms. The van der Waals surface area contributed by atoms with Crippen molar-refractivity contribution >= 4 is 29.4 Å². The van der Waals surface area contributed by atoms with Crippen LogP contribution in [0.2, 0.25) is 0 Å². The SMILES string of the molecule is CC(C)NC(=O)COc1cccc(-c2nc(Nc3ccc4c(c3)C=NC4)cc(N3CCCN(C)CC3)n2)c1. The Balaban J connectivity index is 1.43. The van der Waals surface area contributed by atoms with Crippen molar-refractivity contribution in [1.29, 1.82) is 0 Å². The van der Waals surface area contributed by atoms with E-state index >= 15 is 0 Å². The number of nitrogens with zero attached hydrogens (tertiary/aromatic N) is 5. The number of benzene rings is 2. The Morgan fingerprint density at radius 2 is 1.95 bits per heavy atom. The van der Waals surface area contributed by atoms with E-state index in [9.17, 15) is 4.79 Å². The number of fused-ring (bicyclic) bond motifs is 1. The van der Waals surface area contributed by atoms with Crippen molar-refractivity contribution in [3.63, 3.8) is 0 Å². The second kappa shape index (κ2) is 11.6. The standard InChI is InChI=1S/C29H35N7O2/c1-20(2)31-28(37)19-38-25-7-4-6-21(15-25)29-33-26(32-24-9-8-22-17-30-18-23(22)14-24)16-27(34-29)36-11-5-10-35(3)12-13-36/h4,6-9,14-16,18,20H,5,10-13,17,19H2,1-3H3,(H,31,37)(H,32,33,34). The van der Waals surface area contributed by atoms with Crippen molar-refractivity contribution in [2.45, 2.75) is 32.9 Å². The molecule has 2 N–H and O–H groups in total. The Kier molecular flexibility index (Phi) is 7.83. The van der Waals surface area contributed by atoms with Crippen molar-refractivity contribution < 1.29 is 9.53 Å². The first kappa shape index (κ1) is 25.7. The van der Waals surface area contributed by atoms with Crippen LogP contribution >= 0.6 is 0 Å². The Morgan fingerprint density at radius 3 is 2.82 bits per heavy atom. The monoisotopic (exact) mass is 513 g/mol. The fourth-order valence-electron chi connectivity index (χ4n) is 4.63.